The van der Waals surface area contributed by atoms with Gasteiger partial charge in [0.15, 0.2) is 0 Å². The molecule has 6 rings (SSSR count). The molecule has 0 fully saturated rings. The molecule has 1 heterocycles. The van der Waals surface area contributed by atoms with Crippen LogP contribution in [0, 0.1) is 0 Å². The van der Waals surface area contributed by atoms with Crippen molar-refractivity contribution in [1.82, 2.24) is 10.3 Å². The first kappa shape index (κ1) is 34.2. The van der Waals surface area contributed by atoms with Gasteiger partial charge in [-0.15, -0.1) is 0 Å². The lowest BCUT2D eigenvalue weighted by molar-refractivity contribution is 0.172. The van der Waals surface area contributed by atoms with Crippen molar-refractivity contribution in [2.45, 2.75) is 38.7 Å². The smallest absolute Gasteiger partial charge is 0.232 e. The highest BCUT2D eigenvalue weighted by Gasteiger charge is 2.34. The largest absolute Gasteiger partial charge is 0.492 e. The van der Waals surface area contributed by atoms with Crippen LogP contribution in [0.3, 0.4) is 0 Å². The SMILES string of the molecule is CC1c2ccc(OCCNC[C@H](O)c3cccc(N(Cc4ccccc4)S(C)(=O)=O)c3)cc2N(Cc2ccccc2)N1Cc1ccccc1. The molecule has 8 nitrogen and oxygen atoms in total. The summed E-state index contributed by atoms with van der Waals surface area (Å²) in [6.45, 7) is 5.27. The summed E-state index contributed by atoms with van der Waals surface area (Å²) in [4.78, 5) is 0. The summed E-state index contributed by atoms with van der Waals surface area (Å²) in [5, 5.41) is 19.0. The molecule has 254 valence electrons. The van der Waals surface area contributed by atoms with Crippen molar-refractivity contribution in [3.05, 3.63) is 161 Å². The van der Waals surface area contributed by atoms with Gasteiger partial charge < -0.3 is 20.2 Å². The Bertz CT molecular complexity index is 1910. The number of ether oxygens (including phenoxy) is 1. The molecule has 5 aromatic carbocycles. The van der Waals surface area contributed by atoms with Crippen LogP contribution >= 0.6 is 0 Å². The standard InChI is InChI=1S/C40H44N4O4S/c1-31-38-22-21-37(26-39(38)43(29-33-15-8-4-9-16-33)42(31)28-32-13-6-3-7-14-32)48-24-23-41-27-40(45)35-19-12-20-36(25-35)44(49(2,46)47)30-34-17-10-5-11-18-34/h3-22,25-26,31,40-41,45H,23-24,27-30H2,1-2H3/t31?,40-/m0/s1. The van der Waals surface area contributed by atoms with E-state index in [0.717, 1.165) is 30.1 Å². The van der Waals surface area contributed by atoms with Gasteiger partial charge in [-0.05, 0) is 52.9 Å². The number of rotatable bonds is 15. The number of nitrogens with zero attached hydrogens (tertiary/aromatic N) is 3. The topological polar surface area (TPSA) is 85.3 Å². The number of anilines is 2. The lowest BCUT2D eigenvalue weighted by Gasteiger charge is -2.33. The Morgan fingerprint density at radius 1 is 0.796 bits per heavy atom. The second-order valence-electron chi connectivity index (χ2n) is 12.4. The number of nitrogens with one attached hydrogen (secondary N) is 1. The Morgan fingerprint density at radius 2 is 1.43 bits per heavy atom. The summed E-state index contributed by atoms with van der Waals surface area (Å²) in [6, 6.07) is 44.1. The third kappa shape index (κ3) is 8.68. The fourth-order valence-electron chi connectivity index (χ4n) is 6.26. The maximum Gasteiger partial charge on any atom is 0.232 e. The maximum absolute atomic E-state index is 12.7. The van der Waals surface area contributed by atoms with Crippen molar-refractivity contribution < 1.29 is 18.3 Å². The number of aliphatic hydroxyl groups excluding tert-OH is 1. The monoisotopic (exact) mass is 676 g/mol. The Balaban J connectivity index is 1.07. The molecular formula is C40H44N4O4S. The van der Waals surface area contributed by atoms with Gasteiger partial charge in [0.05, 0.1) is 42.9 Å². The van der Waals surface area contributed by atoms with E-state index in [-0.39, 0.29) is 12.6 Å². The molecule has 1 aliphatic rings. The Kier molecular flexibility index (Phi) is 11.0. The molecule has 0 amide bonds. The molecule has 1 unspecified atom stereocenters. The van der Waals surface area contributed by atoms with Gasteiger partial charge in [-0.25, -0.2) is 13.4 Å². The minimum Gasteiger partial charge on any atom is -0.492 e. The van der Waals surface area contributed by atoms with Crippen molar-refractivity contribution in [2.75, 3.05) is 35.3 Å². The predicted molar refractivity (Wildman–Crippen MR) is 197 cm³/mol. The van der Waals surface area contributed by atoms with E-state index < -0.39 is 16.1 Å². The molecule has 0 bridgehead atoms. The van der Waals surface area contributed by atoms with Crippen LogP contribution in [0.4, 0.5) is 11.4 Å². The minimum absolute atomic E-state index is 0.206. The molecule has 49 heavy (non-hydrogen) atoms. The summed E-state index contributed by atoms with van der Waals surface area (Å²) in [7, 11) is -3.54. The van der Waals surface area contributed by atoms with E-state index in [4.69, 9.17) is 4.74 Å². The van der Waals surface area contributed by atoms with Gasteiger partial charge in [0.2, 0.25) is 10.0 Å². The predicted octanol–water partition coefficient (Wildman–Crippen LogP) is 6.85. The molecule has 0 radical (unpaired) electrons. The van der Waals surface area contributed by atoms with E-state index in [2.05, 4.69) is 82.9 Å². The number of hydrogen-bond donors (Lipinski definition) is 2. The van der Waals surface area contributed by atoms with Crippen molar-refractivity contribution in [3.8, 4) is 5.75 Å². The fraction of sp³-hybridized carbons (Fsp3) is 0.250. The summed E-state index contributed by atoms with van der Waals surface area (Å²) in [5.74, 6) is 0.792. The summed E-state index contributed by atoms with van der Waals surface area (Å²) < 4.78 is 32.9. The van der Waals surface area contributed by atoms with Crippen molar-refractivity contribution in [1.29, 1.82) is 0 Å². The van der Waals surface area contributed by atoms with E-state index in [1.54, 1.807) is 18.2 Å². The van der Waals surface area contributed by atoms with Gasteiger partial charge in [0, 0.05) is 25.7 Å². The molecule has 5 aromatic rings. The lowest BCUT2D eigenvalue weighted by Crippen LogP contribution is -2.38. The van der Waals surface area contributed by atoms with Crippen LogP contribution in [0.2, 0.25) is 0 Å². The lowest BCUT2D eigenvalue weighted by atomic mass is 10.1. The van der Waals surface area contributed by atoms with Gasteiger partial charge in [0.25, 0.3) is 0 Å². The van der Waals surface area contributed by atoms with Crippen molar-refractivity contribution in [2.24, 2.45) is 0 Å². The summed E-state index contributed by atoms with van der Waals surface area (Å²) >= 11 is 0. The van der Waals surface area contributed by atoms with Crippen molar-refractivity contribution >= 4 is 21.4 Å². The van der Waals surface area contributed by atoms with E-state index in [0.29, 0.717) is 30.9 Å². The van der Waals surface area contributed by atoms with Crippen LogP contribution < -0.4 is 19.4 Å². The highest BCUT2D eigenvalue weighted by molar-refractivity contribution is 7.92. The second-order valence-corrected chi connectivity index (χ2v) is 14.3. The molecule has 0 spiro atoms. The van der Waals surface area contributed by atoms with E-state index in [1.807, 2.05) is 54.6 Å². The molecule has 0 aromatic heterocycles. The van der Waals surface area contributed by atoms with Gasteiger partial charge in [-0.2, -0.15) is 0 Å². The zero-order valence-corrected chi connectivity index (χ0v) is 28.8. The Hall–Kier alpha value is -4.67. The quantitative estimate of drug-likeness (QED) is 0.117. The van der Waals surface area contributed by atoms with Crippen LogP contribution in [0.5, 0.6) is 5.75 Å². The average Bonchev–Trinajstić information content (AvgIpc) is 3.36. The molecule has 2 atom stereocenters. The summed E-state index contributed by atoms with van der Waals surface area (Å²) in [6.07, 6.45) is 0.380. The number of aliphatic hydroxyl groups is 1. The number of hydrazine groups is 1. The molecule has 0 aliphatic carbocycles. The molecule has 0 saturated heterocycles. The normalized spacial score (nSPS) is 15.2. The third-order valence-electron chi connectivity index (χ3n) is 8.85. The third-order valence-corrected chi connectivity index (χ3v) is 9.99. The first-order valence-electron chi connectivity index (χ1n) is 16.7. The minimum atomic E-state index is -3.54. The van der Waals surface area contributed by atoms with Crippen LogP contribution in [-0.4, -0.2) is 44.5 Å². The average molecular weight is 677 g/mol. The van der Waals surface area contributed by atoms with Crippen LogP contribution in [0.15, 0.2) is 133 Å². The second kappa shape index (κ2) is 15.7. The van der Waals surface area contributed by atoms with E-state index in [1.165, 1.54) is 27.3 Å². The molecular weight excluding hydrogens is 633 g/mol. The Labute approximate surface area is 290 Å². The zero-order valence-electron chi connectivity index (χ0n) is 28.0. The number of fused-ring (bicyclic) bond motifs is 1. The van der Waals surface area contributed by atoms with Crippen LogP contribution in [0.25, 0.3) is 0 Å². The Morgan fingerprint density at radius 3 is 2.08 bits per heavy atom. The molecule has 1 aliphatic heterocycles. The zero-order chi connectivity index (χ0) is 34.2. The van der Waals surface area contributed by atoms with E-state index >= 15 is 0 Å². The number of sulfonamides is 1. The van der Waals surface area contributed by atoms with Gasteiger partial charge in [-0.1, -0.05) is 109 Å². The number of benzene rings is 5. The van der Waals surface area contributed by atoms with Crippen molar-refractivity contribution in [3.63, 3.8) is 0 Å². The summed E-state index contributed by atoms with van der Waals surface area (Å²) in [5.41, 5.74) is 6.94. The molecule has 9 heteroatoms. The van der Waals surface area contributed by atoms with Gasteiger partial charge in [0.1, 0.15) is 12.4 Å². The molecule has 2 N–H and O–H groups in total. The fourth-order valence-corrected chi connectivity index (χ4v) is 7.14. The van der Waals surface area contributed by atoms with Gasteiger partial charge in [-0.3, -0.25) is 4.31 Å². The maximum atomic E-state index is 12.7. The number of hydrogen-bond acceptors (Lipinski definition) is 7. The highest BCUT2D eigenvalue weighted by Crippen LogP contribution is 2.43. The highest BCUT2D eigenvalue weighted by atomic mass is 32.2. The first-order valence-corrected chi connectivity index (χ1v) is 18.5. The first-order chi connectivity index (χ1) is 23.8. The van der Waals surface area contributed by atoms with E-state index in [9.17, 15) is 13.5 Å². The van der Waals surface area contributed by atoms with Crippen LogP contribution in [-0.2, 0) is 29.7 Å². The van der Waals surface area contributed by atoms with Crippen LogP contribution in [0.1, 0.15) is 46.9 Å². The molecule has 0 saturated carbocycles. The van der Waals surface area contributed by atoms with Gasteiger partial charge >= 0.3 is 0 Å².